The van der Waals surface area contributed by atoms with Crippen molar-refractivity contribution in [2.75, 3.05) is 7.11 Å². The van der Waals surface area contributed by atoms with Gasteiger partial charge < -0.3 is 9.47 Å². The molecule has 0 unspecified atom stereocenters. The fourth-order valence-corrected chi connectivity index (χ4v) is 6.57. The summed E-state index contributed by atoms with van der Waals surface area (Å²) in [6.45, 7) is 0.345. The van der Waals surface area contributed by atoms with E-state index in [0.29, 0.717) is 45.0 Å². The standard InChI is InChI=1S/C26H22BrClN2O4/c1-33-21-9-14(8-20(27)24(21)34-12-13-2-4-15(28)5-3-13)11-29-30-25(31)22-16-6-7-17(19-10-18(16)19)23(22)26(30)32/h2-9,11,16-19,22-23H,10,12H2,1H3/t16-,17-,18-,19-,22-,23+/m0/s1. The zero-order chi connectivity index (χ0) is 23.6. The molecule has 34 heavy (non-hydrogen) atoms. The van der Waals surface area contributed by atoms with Gasteiger partial charge in [0.2, 0.25) is 0 Å². The summed E-state index contributed by atoms with van der Waals surface area (Å²) in [6.07, 6.45) is 6.98. The quantitative estimate of drug-likeness (QED) is 0.291. The van der Waals surface area contributed by atoms with Crippen LogP contribution in [-0.4, -0.2) is 30.1 Å². The number of hydrogen-bond donors (Lipinski definition) is 0. The van der Waals surface area contributed by atoms with Crippen molar-refractivity contribution in [2.24, 2.45) is 40.6 Å². The molecule has 0 aromatic heterocycles. The Balaban J connectivity index is 1.20. The first kappa shape index (κ1) is 21.9. The zero-order valence-corrected chi connectivity index (χ0v) is 20.7. The van der Waals surface area contributed by atoms with E-state index in [9.17, 15) is 9.59 Å². The van der Waals surface area contributed by atoms with E-state index in [1.165, 1.54) is 6.21 Å². The maximum absolute atomic E-state index is 13.1. The fourth-order valence-electron chi connectivity index (χ4n) is 5.87. The first-order valence-corrected chi connectivity index (χ1v) is 12.5. The first-order valence-electron chi connectivity index (χ1n) is 11.3. The Morgan fingerprint density at radius 3 is 2.35 bits per heavy atom. The van der Waals surface area contributed by atoms with Gasteiger partial charge in [0.1, 0.15) is 6.61 Å². The molecule has 0 radical (unpaired) electrons. The molecule has 6 nitrogen and oxygen atoms in total. The number of hydrogen-bond acceptors (Lipinski definition) is 5. The monoisotopic (exact) mass is 540 g/mol. The average molecular weight is 542 g/mol. The van der Waals surface area contributed by atoms with Gasteiger partial charge in [0.25, 0.3) is 11.8 Å². The number of ether oxygens (including phenoxy) is 2. The number of carbonyl (C=O) groups is 2. The summed E-state index contributed by atoms with van der Waals surface area (Å²) in [5.41, 5.74) is 1.65. The van der Waals surface area contributed by atoms with Crippen LogP contribution in [0.15, 0.2) is 58.1 Å². The van der Waals surface area contributed by atoms with Gasteiger partial charge in [-0.25, -0.2) is 0 Å². The molecule has 6 atom stereocenters. The van der Waals surface area contributed by atoms with E-state index in [0.717, 1.165) is 17.0 Å². The van der Waals surface area contributed by atoms with Gasteiger partial charge in [-0.1, -0.05) is 35.9 Å². The van der Waals surface area contributed by atoms with Crippen molar-refractivity contribution in [1.29, 1.82) is 0 Å². The molecule has 2 bridgehead atoms. The summed E-state index contributed by atoms with van der Waals surface area (Å²) in [6, 6.07) is 11.0. The third-order valence-electron chi connectivity index (χ3n) is 7.51. The second kappa shape index (κ2) is 8.24. The van der Waals surface area contributed by atoms with Crippen LogP contribution in [0.3, 0.4) is 0 Å². The molecule has 0 spiro atoms. The van der Waals surface area contributed by atoms with E-state index in [4.69, 9.17) is 21.1 Å². The van der Waals surface area contributed by atoms with Crippen molar-refractivity contribution < 1.29 is 19.1 Å². The van der Waals surface area contributed by atoms with Crippen LogP contribution in [0.25, 0.3) is 0 Å². The zero-order valence-electron chi connectivity index (χ0n) is 18.4. The van der Waals surface area contributed by atoms with E-state index in [1.54, 1.807) is 13.2 Å². The molecule has 1 saturated heterocycles. The number of halogens is 2. The van der Waals surface area contributed by atoms with Crippen LogP contribution < -0.4 is 9.47 Å². The van der Waals surface area contributed by atoms with Gasteiger partial charge in [-0.3, -0.25) is 9.59 Å². The van der Waals surface area contributed by atoms with Crippen molar-refractivity contribution >= 4 is 45.6 Å². The molecule has 174 valence electrons. The molecular formula is C26H22BrClN2O4. The van der Waals surface area contributed by atoms with Crippen molar-refractivity contribution in [2.45, 2.75) is 13.0 Å². The summed E-state index contributed by atoms with van der Waals surface area (Å²) in [5.74, 6) is 1.70. The molecule has 5 aliphatic rings. The molecule has 8 heteroatoms. The molecule has 3 fully saturated rings. The Morgan fingerprint density at radius 1 is 1.09 bits per heavy atom. The smallest absolute Gasteiger partial charge is 0.254 e. The van der Waals surface area contributed by atoms with Gasteiger partial charge in [-0.2, -0.15) is 10.1 Å². The second-order valence-corrected chi connectivity index (χ2v) is 10.6. The van der Waals surface area contributed by atoms with Gasteiger partial charge in [-0.05, 0) is 81.4 Å². The Kier molecular flexibility index (Phi) is 5.30. The van der Waals surface area contributed by atoms with Crippen molar-refractivity contribution in [3.63, 3.8) is 0 Å². The Labute approximate surface area is 210 Å². The molecule has 0 N–H and O–H groups in total. The first-order chi connectivity index (χ1) is 16.5. The lowest BCUT2D eigenvalue weighted by Crippen LogP contribution is -2.40. The molecule has 2 aromatic carbocycles. The molecule has 2 amide bonds. The number of allylic oxidation sites excluding steroid dienone is 2. The summed E-state index contributed by atoms with van der Waals surface area (Å²) in [5, 5.41) is 6.07. The molecule has 2 aromatic rings. The highest BCUT2D eigenvalue weighted by molar-refractivity contribution is 9.10. The van der Waals surface area contributed by atoms with Crippen LogP contribution in [-0.2, 0) is 16.2 Å². The topological polar surface area (TPSA) is 68.2 Å². The lowest BCUT2D eigenvalue weighted by atomic mass is 9.63. The highest BCUT2D eigenvalue weighted by Gasteiger charge is 2.67. The number of benzene rings is 2. The van der Waals surface area contributed by atoms with Crippen molar-refractivity contribution in [3.05, 3.63) is 69.2 Å². The Morgan fingerprint density at radius 2 is 1.74 bits per heavy atom. The largest absolute Gasteiger partial charge is 0.493 e. The van der Waals surface area contributed by atoms with Crippen molar-refractivity contribution in [1.82, 2.24) is 5.01 Å². The minimum Gasteiger partial charge on any atom is -0.493 e. The lowest BCUT2D eigenvalue weighted by Gasteiger charge is -2.37. The Hall–Kier alpha value is -2.64. The third-order valence-corrected chi connectivity index (χ3v) is 8.35. The normalized spacial score (nSPS) is 30.6. The van der Waals surface area contributed by atoms with E-state index in [-0.39, 0.29) is 35.5 Å². The lowest BCUT2D eigenvalue weighted by molar-refractivity contribution is -0.140. The minimum absolute atomic E-state index is 0.176. The highest BCUT2D eigenvalue weighted by atomic mass is 79.9. The predicted octanol–water partition coefficient (Wildman–Crippen LogP) is 5.08. The van der Waals surface area contributed by atoms with E-state index in [2.05, 4.69) is 33.2 Å². The molecule has 4 aliphatic carbocycles. The van der Waals surface area contributed by atoms with Gasteiger partial charge in [0.05, 0.1) is 29.6 Å². The summed E-state index contributed by atoms with van der Waals surface area (Å²) < 4.78 is 12.2. The van der Waals surface area contributed by atoms with E-state index in [1.807, 2.05) is 30.3 Å². The number of methoxy groups -OCH3 is 1. The molecule has 2 saturated carbocycles. The van der Waals surface area contributed by atoms with Crippen LogP contribution in [0.5, 0.6) is 11.5 Å². The fraction of sp³-hybridized carbons (Fsp3) is 0.346. The highest BCUT2D eigenvalue weighted by Crippen LogP contribution is 2.65. The predicted molar refractivity (Wildman–Crippen MR) is 131 cm³/mol. The second-order valence-electron chi connectivity index (χ2n) is 9.34. The third kappa shape index (κ3) is 3.48. The maximum atomic E-state index is 13.1. The van der Waals surface area contributed by atoms with Crippen LogP contribution in [0, 0.1) is 35.5 Å². The van der Waals surface area contributed by atoms with Gasteiger partial charge in [0, 0.05) is 5.02 Å². The van der Waals surface area contributed by atoms with E-state index < -0.39 is 0 Å². The van der Waals surface area contributed by atoms with Crippen LogP contribution in [0.2, 0.25) is 5.02 Å². The summed E-state index contributed by atoms with van der Waals surface area (Å²) in [7, 11) is 1.56. The minimum atomic E-state index is -0.256. The molecule has 1 aliphatic heterocycles. The molecule has 1 heterocycles. The van der Waals surface area contributed by atoms with Crippen LogP contribution in [0.1, 0.15) is 17.5 Å². The molecular weight excluding hydrogens is 520 g/mol. The Bertz CT molecular complexity index is 1210. The summed E-state index contributed by atoms with van der Waals surface area (Å²) >= 11 is 9.49. The van der Waals surface area contributed by atoms with Gasteiger partial charge in [-0.15, -0.1) is 0 Å². The number of imide groups is 1. The number of amides is 2. The maximum Gasteiger partial charge on any atom is 0.254 e. The van der Waals surface area contributed by atoms with Crippen LogP contribution >= 0.6 is 27.5 Å². The van der Waals surface area contributed by atoms with E-state index >= 15 is 0 Å². The number of hydrazone groups is 1. The number of rotatable bonds is 6. The van der Waals surface area contributed by atoms with Crippen LogP contribution in [0.4, 0.5) is 0 Å². The number of carbonyl (C=O) groups excluding carboxylic acids is 2. The SMILES string of the molecule is COc1cc(C=NN2C(=O)[C@@H]3[C@H]4C=C[C@@H]([C@@H]5C[C@@H]45)[C@@H]3C2=O)cc(Br)c1OCc1ccc(Cl)cc1. The van der Waals surface area contributed by atoms with Crippen molar-refractivity contribution in [3.8, 4) is 11.5 Å². The molecule has 7 rings (SSSR count). The average Bonchev–Trinajstić information content (AvgIpc) is 3.62. The van der Waals surface area contributed by atoms with Gasteiger partial charge >= 0.3 is 0 Å². The van der Waals surface area contributed by atoms with Gasteiger partial charge in [0.15, 0.2) is 11.5 Å². The number of nitrogens with zero attached hydrogens (tertiary/aromatic N) is 2. The summed E-state index contributed by atoms with van der Waals surface area (Å²) in [4.78, 5) is 26.2.